The number of unbranched alkanes of at least 4 members (excludes halogenated alkanes) is 3. The summed E-state index contributed by atoms with van der Waals surface area (Å²) in [6, 6.07) is 0. The first-order valence-corrected chi connectivity index (χ1v) is 18.5. The summed E-state index contributed by atoms with van der Waals surface area (Å²) in [6.07, 6.45) is 10.8. The molecular formula is C27H52O3Si2. The number of hydrogen-bond acceptors (Lipinski definition) is 3. The molecule has 0 N–H and O–H groups in total. The summed E-state index contributed by atoms with van der Waals surface area (Å²) in [5.74, 6) is 0.103. The molecule has 0 aliphatic heterocycles. The minimum Gasteiger partial charge on any atom is -0.413 e. The third-order valence-corrected chi connectivity index (χ3v) is 16.9. The molecule has 1 saturated carbocycles. The Balaban J connectivity index is 3.07. The van der Waals surface area contributed by atoms with E-state index in [4.69, 9.17) is 8.85 Å². The molecule has 3 nitrogen and oxygen atoms in total. The van der Waals surface area contributed by atoms with Crippen LogP contribution in [-0.4, -0.2) is 34.6 Å². The van der Waals surface area contributed by atoms with Crippen LogP contribution in [0.2, 0.25) is 36.3 Å². The van der Waals surface area contributed by atoms with E-state index in [1.807, 2.05) is 0 Å². The lowest BCUT2D eigenvalue weighted by atomic mass is 10.00. The van der Waals surface area contributed by atoms with Gasteiger partial charge in [0.1, 0.15) is 0 Å². The number of hydrogen-bond donors (Lipinski definition) is 0. The summed E-state index contributed by atoms with van der Waals surface area (Å²) in [5.41, 5.74) is 0.696. The van der Waals surface area contributed by atoms with Crippen LogP contribution >= 0.6 is 0 Å². The highest BCUT2D eigenvalue weighted by atomic mass is 28.4. The van der Waals surface area contributed by atoms with Crippen molar-refractivity contribution in [2.24, 2.45) is 5.92 Å². The van der Waals surface area contributed by atoms with Crippen molar-refractivity contribution >= 4 is 22.4 Å². The van der Waals surface area contributed by atoms with Crippen molar-refractivity contribution in [3.8, 4) is 0 Å². The highest BCUT2D eigenvalue weighted by Crippen LogP contribution is 2.42. The molecular weight excluding hydrogens is 428 g/mol. The van der Waals surface area contributed by atoms with E-state index in [0.717, 1.165) is 6.42 Å². The topological polar surface area (TPSA) is 35.5 Å². The van der Waals surface area contributed by atoms with Gasteiger partial charge in [-0.3, -0.25) is 4.79 Å². The summed E-state index contributed by atoms with van der Waals surface area (Å²) in [7, 11) is -3.86. The van der Waals surface area contributed by atoms with Gasteiger partial charge in [0.25, 0.3) is 0 Å². The smallest absolute Gasteiger partial charge is 0.192 e. The largest absolute Gasteiger partial charge is 0.413 e. The number of ketones is 1. The molecule has 0 saturated heterocycles. The number of rotatable bonds is 11. The zero-order chi connectivity index (χ0) is 25.0. The summed E-state index contributed by atoms with van der Waals surface area (Å²) in [6.45, 7) is 29.2. The third-order valence-electron chi connectivity index (χ3n) is 7.93. The molecule has 0 heterocycles. The molecule has 1 fully saturated rings. The van der Waals surface area contributed by atoms with Gasteiger partial charge in [0, 0.05) is 12.3 Å². The minimum atomic E-state index is -1.97. The Morgan fingerprint density at radius 3 is 2.06 bits per heavy atom. The normalized spacial score (nSPS) is 22.2. The van der Waals surface area contributed by atoms with Gasteiger partial charge in [-0.05, 0) is 48.3 Å². The van der Waals surface area contributed by atoms with Crippen LogP contribution in [0.5, 0.6) is 0 Å². The summed E-state index contributed by atoms with van der Waals surface area (Å²) in [5, 5.41) is 0.283. The van der Waals surface area contributed by atoms with Gasteiger partial charge in [0.2, 0.25) is 0 Å². The molecule has 0 spiro atoms. The van der Waals surface area contributed by atoms with Crippen LogP contribution in [0.15, 0.2) is 24.3 Å². The van der Waals surface area contributed by atoms with Gasteiger partial charge in [-0.1, -0.05) is 92.9 Å². The lowest BCUT2D eigenvalue weighted by Gasteiger charge is -2.40. The second-order valence-electron chi connectivity index (χ2n) is 12.7. The van der Waals surface area contributed by atoms with Crippen molar-refractivity contribution in [3.05, 3.63) is 24.3 Å². The molecule has 0 bridgehead atoms. The lowest BCUT2D eigenvalue weighted by Crippen LogP contribution is -2.45. The summed E-state index contributed by atoms with van der Waals surface area (Å²) >= 11 is 0. The zero-order valence-electron chi connectivity index (χ0n) is 23.1. The Kier molecular flexibility index (Phi) is 10.4. The van der Waals surface area contributed by atoms with Crippen LogP contribution in [0.25, 0.3) is 0 Å². The predicted octanol–water partition coefficient (Wildman–Crippen LogP) is 8.44. The maximum Gasteiger partial charge on any atom is 0.192 e. The Morgan fingerprint density at radius 1 is 1.00 bits per heavy atom. The Labute approximate surface area is 201 Å². The molecule has 0 aromatic heterocycles. The monoisotopic (exact) mass is 480 g/mol. The van der Waals surface area contributed by atoms with Gasteiger partial charge in [0.05, 0.1) is 12.2 Å². The van der Waals surface area contributed by atoms with E-state index < -0.39 is 16.6 Å². The second-order valence-corrected chi connectivity index (χ2v) is 22.3. The van der Waals surface area contributed by atoms with Crippen LogP contribution in [0.3, 0.4) is 0 Å². The molecule has 1 rings (SSSR count). The quantitative estimate of drug-likeness (QED) is 0.129. The molecule has 0 unspecified atom stereocenters. The molecule has 0 aromatic rings. The summed E-state index contributed by atoms with van der Waals surface area (Å²) in [4.78, 5) is 12.6. The first-order chi connectivity index (χ1) is 14.4. The van der Waals surface area contributed by atoms with Crippen molar-refractivity contribution < 1.29 is 13.6 Å². The maximum atomic E-state index is 12.6. The van der Waals surface area contributed by atoms with E-state index in [0.29, 0.717) is 12.0 Å². The van der Waals surface area contributed by atoms with E-state index in [2.05, 4.69) is 93.4 Å². The van der Waals surface area contributed by atoms with Crippen molar-refractivity contribution in [2.45, 2.75) is 135 Å². The fourth-order valence-electron chi connectivity index (χ4n) is 3.53. The van der Waals surface area contributed by atoms with Gasteiger partial charge in [0.15, 0.2) is 22.4 Å². The molecule has 1 aliphatic rings. The third kappa shape index (κ3) is 8.07. The highest BCUT2D eigenvalue weighted by Gasteiger charge is 2.44. The first-order valence-electron chi connectivity index (χ1n) is 12.7. The van der Waals surface area contributed by atoms with Crippen molar-refractivity contribution in [1.82, 2.24) is 0 Å². The molecule has 186 valence electrons. The fourth-order valence-corrected chi connectivity index (χ4v) is 6.17. The molecule has 3 atom stereocenters. The Morgan fingerprint density at radius 2 is 1.56 bits per heavy atom. The number of carbonyl (C=O) groups excluding carboxylic acids is 1. The average Bonchev–Trinajstić information content (AvgIpc) is 2.87. The molecule has 0 amide bonds. The van der Waals surface area contributed by atoms with Crippen molar-refractivity contribution in [1.29, 1.82) is 0 Å². The van der Waals surface area contributed by atoms with E-state index in [1.54, 1.807) is 0 Å². The van der Waals surface area contributed by atoms with E-state index in [-0.39, 0.29) is 34.0 Å². The van der Waals surface area contributed by atoms with E-state index in [9.17, 15) is 4.79 Å². The van der Waals surface area contributed by atoms with Gasteiger partial charge in [-0.25, -0.2) is 0 Å². The molecule has 0 radical (unpaired) electrons. The van der Waals surface area contributed by atoms with Crippen molar-refractivity contribution in [3.63, 3.8) is 0 Å². The zero-order valence-corrected chi connectivity index (χ0v) is 25.1. The fraction of sp³-hybridized carbons (Fsp3) is 0.815. The van der Waals surface area contributed by atoms with Crippen molar-refractivity contribution in [2.75, 3.05) is 0 Å². The van der Waals surface area contributed by atoms with Gasteiger partial charge in [-0.15, -0.1) is 0 Å². The van der Waals surface area contributed by atoms with Crippen LogP contribution in [-0.2, 0) is 13.6 Å². The van der Waals surface area contributed by atoms with Crippen LogP contribution in [0.4, 0.5) is 0 Å². The predicted molar refractivity (Wildman–Crippen MR) is 144 cm³/mol. The van der Waals surface area contributed by atoms with Gasteiger partial charge < -0.3 is 8.85 Å². The number of Topliss-reactive ketones (excluding diaryl/α,β-unsaturated/α-hetero) is 1. The minimum absolute atomic E-state index is 0.0437. The van der Waals surface area contributed by atoms with Crippen LogP contribution in [0, 0.1) is 5.92 Å². The average molecular weight is 481 g/mol. The van der Waals surface area contributed by atoms with E-state index in [1.165, 1.54) is 25.7 Å². The summed E-state index contributed by atoms with van der Waals surface area (Å²) < 4.78 is 13.5. The maximum absolute atomic E-state index is 12.6. The molecule has 5 heteroatoms. The Bertz CT molecular complexity index is 665. The second kappa shape index (κ2) is 11.3. The lowest BCUT2D eigenvalue weighted by molar-refractivity contribution is -0.115. The number of carbonyl (C=O) groups is 1. The molecule has 0 aromatic carbocycles. The van der Waals surface area contributed by atoms with Gasteiger partial charge >= 0.3 is 0 Å². The van der Waals surface area contributed by atoms with Crippen LogP contribution < -0.4 is 0 Å². The van der Waals surface area contributed by atoms with Crippen LogP contribution in [0.1, 0.15) is 87.0 Å². The highest BCUT2D eigenvalue weighted by molar-refractivity contribution is 6.74. The molecule has 1 aliphatic carbocycles. The SMILES string of the molecule is C=C1C(=O)C[C@@H](O[Si](C)(C)C(C)(C)C)[C@@H]1C=C[C@H](CCCCCC)O[Si](C)(C)C(C)(C)C. The van der Waals surface area contributed by atoms with E-state index >= 15 is 0 Å². The molecule has 32 heavy (non-hydrogen) atoms. The first kappa shape index (κ1) is 29.5. The Hall–Kier alpha value is -0.496. The van der Waals surface area contributed by atoms with Gasteiger partial charge in [-0.2, -0.15) is 0 Å². The standard InChI is InChI=1S/C27H52O3Si2/c1-13-14-15-16-17-22(29-31(9,10)26(3,4)5)18-19-23-21(2)24(28)20-25(23)30-32(11,12)27(6,7)8/h18-19,22-23,25H,2,13-17,20H2,1,3-12H3/t22-,23+,25+/m0/s1.